The summed E-state index contributed by atoms with van der Waals surface area (Å²) in [6.07, 6.45) is 0.573. The van der Waals surface area contributed by atoms with Gasteiger partial charge in [-0.3, -0.25) is 14.7 Å². The van der Waals surface area contributed by atoms with Crippen LogP contribution in [0.4, 0.5) is 0 Å². The van der Waals surface area contributed by atoms with Crippen LogP contribution in [0.15, 0.2) is 23.0 Å². The van der Waals surface area contributed by atoms with Crippen LogP contribution in [0.2, 0.25) is 0 Å². The maximum absolute atomic E-state index is 12.3. The monoisotopic (exact) mass is 301 g/mol. The Kier molecular flexibility index (Phi) is 3.75. The van der Waals surface area contributed by atoms with Gasteiger partial charge in [0.25, 0.3) is 11.5 Å². The Balaban J connectivity index is 1.62. The van der Waals surface area contributed by atoms with Gasteiger partial charge in [0.2, 0.25) is 0 Å². The minimum Gasteiger partial charge on any atom is -0.484 e. The first kappa shape index (κ1) is 14.4. The van der Waals surface area contributed by atoms with Gasteiger partial charge in [0.15, 0.2) is 6.61 Å². The van der Waals surface area contributed by atoms with E-state index in [4.69, 9.17) is 4.74 Å². The van der Waals surface area contributed by atoms with E-state index in [-0.39, 0.29) is 18.1 Å². The van der Waals surface area contributed by atoms with E-state index in [1.54, 1.807) is 4.90 Å². The molecule has 0 saturated heterocycles. The number of hydrogen-bond donors (Lipinski definition) is 2. The summed E-state index contributed by atoms with van der Waals surface area (Å²) in [4.78, 5) is 25.5. The number of aromatic nitrogens is 2. The average molecular weight is 301 g/mol. The van der Waals surface area contributed by atoms with Gasteiger partial charge in [-0.05, 0) is 31.9 Å². The van der Waals surface area contributed by atoms with Gasteiger partial charge in [-0.25, -0.2) is 0 Å². The SMILES string of the molecule is Cc1ccc(OCC(=O)N2CCc3c([nH][nH]c3=O)C2)c(C)c1. The van der Waals surface area contributed by atoms with E-state index in [1.165, 1.54) is 0 Å². The zero-order valence-corrected chi connectivity index (χ0v) is 12.7. The van der Waals surface area contributed by atoms with Crippen molar-refractivity contribution in [1.82, 2.24) is 15.1 Å². The first-order chi connectivity index (χ1) is 10.5. The number of aromatic amines is 2. The van der Waals surface area contributed by atoms with Crippen molar-refractivity contribution in [3.8, 4) is 5.75 Å². The van der Waals surface area contributed by atoms with Crippen molar-refractivity contribution in [1.29, 1.82) is 0 Å². The third kappa shape index (κ3) is 2.77. The number of rotatable bonds is 3. The third-order valence-corrected chi connectivity index (χ3v) is 3.98. The van der Waals surface area contributed by atoms with Gasteiger partial charge < -0.3 is 14.7 Å². The molecule has 0 unspecified atom stereocenters. The molecule has 6 nitrogen and oxygen atoms in total. The Morgan fingerprint density at radius 1 is 1.32 bits per heavy atom. The average Bonchev–Trinajstić information content (AvgIpc) is 2.87. The Hall–Kier alpha value is -2.50. The molecule has 0 radical (unpaired) electrons. The predicted octanol–water partition coefficient (Wildman–Crippen LogP) is 1.28. The highest BCUT2D eigenvalue weighted by Crippen LogP contribution is 2.19. The molecule has 2 N–H and O–H groups in total. The number of benzene rings is 1. The first-order valence-electron chi connectivity index (χ1n) is 7.31. The fourth-order valence-electron chi connectivity index (χ4n) is 2.74. The van der Waals surface area contributed by atoms with Gasteiger partial charge in [-0.1, -0.05) is 17.7 Å². The second-order valence-corrected chi connectivity index (χ2v) is 5.66. The summed E-state index contributed by atoms with van der Waals surface area (Å²) in [5.74, 6) is 0.652. The molecule has 0 atom stereocenters. The molecule has 0 aliphatic carbocycles. The number of carbonyl (C=O) groups is 1. The van der Waals surface area contributed by atoms with Gasteiger partial charge in [0, 0.05) is 12.1 Å². The minimum absolute atomic E-state index is 0.00783. The molecule has 0 spiro atoms. The van der Waals surface area contributed by atoms with Crippen molar-refractivity contribution in [2.45, 2.75) is 26.8 Å². The molecule has 1 aromatic carbocycles. The van der Waals surface area contributed by atoms with Crippen molar-refractivity contribution >= 4 is 5.91 Å². The van der Waals surface area contributed by atoms with E-state index < -0.39 is 0 Å². The van der Waals surface area contributed by atoms with Gasteiger partial charge in [-0.15, -0.1) is 0 Å². The fourth-order valence-corrected chi connectivity index (χ4v) is 2.74. The highest BCUT2D eigenvalue weighted by atomic mass is 16.5. The molecule has 2 aromatic rings. The van der Waals surface area contributed by atoms with Gasteiger partial charge in [0.1, 0.15) is 5.75 Å². The maximum atomic E-state index is 12.3. The number of hydrogen-bond acceptors (Lipinski definition) is 3. The van der Waals surface area contributed by atoms with Gasteiger partial charge >= 0.3 is 0 Å². The Labute approximate surface area is 128 Å². The van der Waals surface area contributed by atoms with E-state index in [1.807, 2.05) is 32.0 Å². The van der Waals surface area contributed by atoms with Crippen molar-refractivity contribution in [3.63, 3.8) is 0 Å². The van der Waals surface area contributed by atoms with Crippen molar-refractivity contribution in [2.24, 2.45) is 0 Å². The van der Waals surface area contributed by atoms with Crippen molar-refractivity contribution < 1.29 is 9.53 Å². The Morgan fingerprint density at radius 3 is 2.91 bits per heavy atom. The van der Waals surface area contributed by atoms with Crippen LogP contribution in [0, 0.1) is 13.8 Å². The van der Waals surface area contributed by atoms with Crippen LogP contribution in [-0.4, -0.2) is 34.2 Å². The summed E-state index contributed by atoms with van der Waals surface area (Å²) >= 11 is 0. The second-order valence-electron chi connectivity index (χ2n) is 5.66. The van der Waals surface area contributed by atoms with Crippen LogP contribution in [0.5, 0.6) is 5.75 Å². The summed E-state index contributed by atoms with van der Waals surface area (Å²) in [5, 5.41) is 5.39. The van der Waals surface area contributed by atoms with Crippen LogP contribution < -0.4 is 10.3 Å². The zero-order chi connectivity index (χ0) is 15.7. The molecular weight excluding hydrogens is 282 g/mol. The molecule has 1 amide bonds. The first-order valence-corrected chi connectivity index (χ1v) is 7.31. The molecule has 2 heterocycles. The maximum Gasteiger partial charge on any atom is 0.267 e. The number of aryl methyl sites for hydroxylation is 2. The molecule has 0 fully saturated rings. The molecule has 6 heteroatoms. The van der Waals surface area contributed by atoms with Gasteiger partial charge in [0.05, 0.1) is 12.2 Å². The highest BCUT2D eigenvalue weighted by molar-refractivity contribution is 5.78. The molecule has 0 bridgehead atoms. The largest absolute Gasteiger partial charge is 0.484 e. The Bertz CT molecular complexity index is 760. The van der Waals surface area contributed by atoms with Crippen LogP contribution >= 0.6 is 0 Å². The van der Waals surface area contributed by atoms with E-state index in [0.717, 1.165) is 28.1 Å². The summed E-state index contributed by atoms with van der Waals surface area (Å²) < 4.78 is 5.63. The normalized spacial score (nSPS) is 13.8. The number of carbonyl (C=O) groups excluding carboxylic acids is 1. The molecule has 1 aromatic heterocycles. The highest BCUT2D eigenvalue weighted by Gasteiger charge is 2.24. The topological polar surface area (TPSA) is 78.2 Å². The molecular formula is C16H19N3O3. The van der Waals surface area contributed by atoms with Gasteiger partial charge in [-0.2, -0.15) is 0 Å². The lowest BCUT2D eigenvalue weighted by molar-refractivity contribution is -0.134. The van der Waals surface area contributed by atoms with Crippen molar-refractivity contribution in [3.05, 3.63) is 50.9 Å². The third-order valence-electron chi connectivity index (χ3n) is 3.98. The molecule has 116 valence electrons. The summed E-state index contributed by atoms with van der Waals surface area (Å²) in [6.45, 7) is 4.95. The van der Waals surface area contributed by atoms with Crippen LogP contribution in [0.3, 0.4) is 0 Å². The summed E-state index contributed by atoms with van der Waals surface area (Å²) in [7, 11) is 0. The quantitative estimate of drug-likeness (QED) is 0.896. The predicted molar refractivity (Wildman–Crippen MR) is 81.9 cm³/mol. The molecule has 1 aliphatic rings. The van der Waals surface area contributed by atoms with E-state index in [9.17, 15) is 9.59 Å². The van der Waals surface area contributed by atoms with Crippen LogP contribution in [0.25, 0.3) is 0 Å². The van der Waals surface area contributed by atoms with Crippen molar-refractivity contribution in [2.75, 3.05) is 13.2 Å². The molecule has 3 rings (SSSR count). The number of ether oxygens (including phenoxy) is 1. The lowest BCUT2D eigenvalue weighted by atomic mass is 10.1. The van der Waals surface area contributed by atoms with Crippen LogP contribution in [0.1, 0.15) is 22.4 Å². The lowest BCUT2D eigenvalue weighted by Gasteiger charge is -2.26. The van der Waals surface area contributed by atoms with Crippen LogP contribution in [-0.2, 0) is 17.8 Å². The minimum atomic E-state index is -0.0892. The number of fused-ring (bicyclic) bond motifs is 1. The van der Waals surface area contributed by atoms with E-state index in [0.29, 0.717) is 19.5 Å². The number of nitrogens with one attached hydrogen (secondary N) is 2. The second kappa shape index (κ2) is 5.71. The standard InChI is InChI=1S/C16H19N3O3/c1-10-3-4-14(11(2)7-10)22-9-15(20)19-6-5-12-13(8-19)17-18-16(12)21/h3-4,7H,5-6,8-9H2,1-2H3,(H2,17,18,21). The molecule has 1 aliphatic heterocycles. The fraction of sp³-hybridized carbons (Fsp3) is 0.375. The summed E-state index contributed by atoms with van der Waals surface area (Å²) in [5.41, 5.74) is 3.63. The zero-order valence-electron chi connectivity index (χ0n) is 12.7. The smallest absolute Gasteiger partial charge is 0.267 e. The Morgan fingerprint density at radius 2 is 2.14 bits per heavy atom. The lowest BCUT2D eigenvalue weighted by Crippen LogP contribution is -2.39. The van der Waals surface area contributed by atoms with E-state index >= 15 is 0 Å². The number of H-pyrrole nitrogens is 2. The summed E-state index contributed by atoms with van der Waals surface area (Å²) in [6, 6.07) is 5.87. The molecule has 22 heavy (non-hydrogen) atoms. The number of nitrogens with zero attached hydrogens (tertiary/aromatic N) is 1. The number of amides is 1. The van der Waals surface area contributed by atoms with E-state index in [2.05, 4.69) is 10.2 Å². The molecule has 0 saturated carbocycles.